The molecule has 2 unspecified atom stereocenters. The molecule has 1 saturated carbocycles. The van der Waals surface area contributed by atoms with Crippen LogP contribution in [0.3, 0.4) is 0 Å². The minimum atomic E-state index is -4.00. The van der Waals surface area contributed by atoms with Crippen LogP contribution >= 0.6 is 0 Å². The summed E-state index contributed by atoms with van der Waals surface area (Å²) in [4.78, 5) is 15.7. The van der Waals surface area contributed by atoms with Gasteiger partial charge in [-0.3, -0.25) is 9.78 Å². The second-order valence-electron chi connectivity index (χ2n) is 6.72. The van der Waals surface area contributed by atoms with Crippen LogP contribution in [-0.2, 0) is 14.8 Å². The summed E-state index contributed by atoms with van der Waals surface area (Å²) in [6.07, 6.45) is 7.55. The van der Waals surface area contributed by atoms with Gasteiger partial charge in [0.15, 0.2) is 0 Å². The first-order valence-electron chi connectivity index (χ1n) is 8.22. The Kier molecular flexibility index (Phi) is 3.85. The van der Waals surface area contributed by atoms with E-state index in [1.807, 2.05) is 6.08 Å². The molecule has 6 nitrogen and oxygen atoms in total. The topological polar surface area (TPSA) is 96.4 Å². The van der Waals surface area contributed by atoms with E-state index in [9.17, 15) is 18.3 Å². The number of aliphatic carboxylic acids is 1. The van der Waals surface area contributed by atoms with E-state index < -0.39 is 22.0 Å². The molecule has 1 fully saturated rings. The third kappa shape index (κ3) is 3.05. The smallest absolute Gasteiger partial charge is 0.325 e. The normalized spacial score (nSPS) is 23.6. The standard InChI is InChI=1S/C18H18N2O4S/c21-18(22)17(13-5-4-12-8-14(12)9-13)20-25(23,24)16-3-1-2-11-6-7-19-10-15(11)16/h1-3,5-7,10,12,14,17,20H,4,8-9H2,(H,21,22)/t12?,14?,17-/m1/s1. The summed E-state index contributed by atoms with van der Waals surface area (Å²) in [6, 6.07) is 5.40. The maximum atomic E-state index is 12.9. The molecular weight excluding hydrogens is 340 g/mol. The van der Waals surface area contributed by atoms with E-state index in [1.54, 1.807) is 24.4 Å². The van der Waals surface area contributed by atoms with Gasteiger partial charge in [0.2, 0.25) is 10.0 Å². The lowest BCUT2D eigenvalue weighted by Gasteiger charge is -2.21. The van der Waals surface area contributed by atoms with Gasteiger partial charge >= 0.3 is 5.97 Å². The van der Waals surface area contributed by atoms with E-state index in [2.05, 4.69) is 9.71 Å². The molecule has 2 N–H and O–H groups in total. The van der Waals surface area contributed by atoms with Gasteiger partial charge in [0.25, 0.3) is 0 Å². The molecule has 1 aromatic carbocycles. The summed E-state index contributed by atoms with van der Waals surface area (Å²) in [5.74, 6) is -0.0145. The van der Waals surface area contributed by atoms with Gasteiger partial charge in [-0.2, -0.15) is 4.72 Å². The summed E-state index contributed by atoms with van der Waals surface area (Å²) < 4.78 is 28.1. The number of carbonyl (C=O) groups is 1. The third-order valence-corrected chi connectivity index (χ3v) is 6.55. The van der Waals surface area contributed by atoms with Crippen LogP contribution in [0.5, 0.6) is 0 Å². The number of pyridine rings is 1. The number of nitrogens with zero attached hydrogens (tertiary/aromatic N) is 1. The van der Waals surface area contributed by atoms with Crippen LogP contribution in [0.2, 0.25) is 0 Å². The number of benzene rings is 1. The minimum absolute atomic E-state index is 0.0463. The summed E-state index contributed by atoms with van der Waals surface area (Å²) in [5.41, 5.74) is 0.660. The van der Waals surface area contributed by atoms with Gasteiger partial charge in [-0.05, 0) is 54.2 Å². The van der Waals surface area contributed by atoms with Crippen molar-refractivity contribution in [2.45, 2.75) is 30.2 Å². The van der Waals surface area contributed by atoms with E-state index in [-0.39, 0.29) is 4.90 Å². The predicted molar refractivity (Wildman–Crippen MR) is 92.4 cm³/mol. The maximum Gasteiger partial charge on any atom is 0.325 e. The average molecular weight is 358 g/mol. The van der Waals surface area contributed by atoms with Crippen LogP contribution in [0.25, 0.3) is 10.8 Å². The van der Waals surface area contributed by atoms with Gasteiger partial charge in [-0.1, -0.05) is 18.2 Å². The minimum Gasteiger partial charge on any atom is -0.480 e. The number of rotatable bonds is 5. The molecule has 1 heterocycles. The number of fused-ring (bicyclic) bond motifs is 2. The Morgan fingerprint density at radius 2 is 2.12 bits per heavy atom. The van der Waals surface area contributed by atoms with Gasteiger partial charge in [-0.25, -0.2) is 8.42 Å². The van der Waals surface area contributed by atoms with Crippen LogP contribution < -0.4 is 4.72 Å². The Hall–Kier alpha value is -2.25. The lowest BCUT2D eigenvalue weighted by molar-refractivity contribution is -0.138. The molecule has 0 amide bonds. The van der Waals surface area contributed by atoms with Crippen LogP contribution in [0, 0.1) is 11.8 Å². The van der Waals surface area contributed by atoms with Crippen LogP contribution in [0.1, 0.15) is 19.3 Å². The molecule has 3 atom stereocenters. The van der Waals surface area contributed by atoms with Crippen molar-refractivity contribution in [3.63, 3.8) is 0 Å². The van der Waals surface area contributed by atoms with Gasteiger partial charge < -0.3 is 5.11 Å². The third-order valence-electron chi connectivity index (χ3n) is 5.07. The highest BCUT2D eigenvalue weighted by Crippen LogP contribution is 2.49. The molecule has 130 valence electrons. The molecule has 2 aliphatic carbocycles. The van der Waals surface area contributed by atoms with Crippen molar-refractivity contribution in [2.75, 3.05) is 0 Å². The van der Waals surface area contributed by atoms with Gasteiger partial charge in [0.1, 0.15) is 6.04 Å². The monoisotopic (exact) mass is 358 g/mol. The molecular formula is C18H18N2O4S. The molecule has 4 rings (SSSR count). The average Bonchev–Trinajstić information content (AvgIpc) is 3.37. The van der Waals surface area contributed by atoms with Gasteiger partial charge in [-0.15, -0.1) is 0 Å². The molecule has 0 aliphatic heterocycles. The van der Waals surface area contributed by atoms with E-state index >= 15 is 0 Å². The number of aromatic nitrogens is 1. The summed E-state index contributed by atoms with van der Waals surface area (Å²) in [6.45, 7) is 0. The highest BCUT2D eigenvalue weighted by atomic mass is 32.2. The Morgan fingerprint density at radius 3 is 2.88 bits per heavy atom. The van der Waals surface area contributed by atoms with Crippen molar-refractivity contribution < 1.29 is 18.3 Å². The zero-order valence-electron chi connectivity index (χ0n) is 13.4. The number of allylic oxidation sites excluding steroid dienone is 1. The van der Waals surface area contributed by atoms with Crippen molar-refractivity contribution in [3.8, 4) is 0 Å². The first kappa shape index (κ1) is 16.2. The maximum absolute atomic E-state index is 12.9. The molecule has 2 aliphatic rings. The highest BCUT2D eigenvalue weighted by molar-refractivity contribution is 7.89. The van der Waals surface area contributed by atoms with Crippen molar-refractivity contribution in [1.29, 1.82) is 0 Å². The second-order valence-corrected chi connectivity index (χ2v) is 8.40. The molecule has 1 aromatic heterocycles. The van der Waals surface area contributed by atoms with E-state index in [0.717, 1.165) is 18.2 Å². The van der Waals surface area contributed by atoms with Crippen molar-refractivity contribution in [3.05, 3.63) is 48.3 Å². The SMILES string of the molecule is O=C(O)[C@H](NS(=O)(=O)c1cccc2ccncc12)C1=CCC2CC2C1. The quantitative estimate of drug-likeness (QED) is 0.800. The molecule has 7 heteroatoms. The lowest BCUT2D eigenvalue weighted by atomic mass is 9.94. The van der Waals surface area contributed by atoms with Gasteiger partial charge in [0.05, 0.1) is 4.90 Å². The van der Waals surface area contributed by atoms with Crippen LogP contribution in [0.4, 0.5) is 0 Å². The van der Waals surface area contributed by atoms with Crippen LogP contribution in [0.15, 0.2) is 53.2 Å². The fraction of sp³-hybridized carbons (Fsp3) is 0.333. The van der Waals surface area contributed by atoms with Crippen molar-refractivity contribution in [1.82, 2.24) is 9.71 Å². The first-order valence-corrected chi connectivity index (χ1v) is 9.71. The number of carboxylic acid groups (broad SMARTS) is 1. The van der Waals surface area contributed by atoms with E-state index in [1.165, 1.54) is 12.3 Å². The van der Waals surface area contributed by atoms with Gasteiger partial charge in [0, 0.05) is 17.8 Å². The Labute approximate surface area is 145 Å². The number of hydrogen-bond donors (Lipinski definition) is 2. The zero-order chi connectivity index (χ0) is 17.6. The first-order chi connectivity index (χ1) is 12.0. The largest absolute Gasteiger partial charge is 0.480 e. The van der Waals surface area contributed by atoms with Crippen molar-refractivity contribution >= 4 is 26.8 Å². The number of carboxylic acids is 1. The number of sulfonamides is 1. The van der Waals surface area contributed by atoms with E-state index in [4.69, 9.17) is 0 Å². The van der Waals surface area contributed by atoms with E-state index in [0.29, 0.717) is 29.2 Å². The van der Waals surface area contributed by atoms with Crippen molar-refractivity contribution in [2.24, 2.45) is 11.8 Å². The molecule has 0 radical (unpaired) electrons. The molecule has 25 heavy (non-hydrogen) atoms. The Morgan fingerprint density at radius 1 is 1.28 bits per heavy atom. The zero-order valence-corrected chi connectivity index (χ0v) is 14.2. The molecule has 0 saturated heterocycles. The summed E-state index contributed by atoms with van der Waals surface area (Å²) in [5, 5.41) is 10.8. The fourth-order valence-corrected chi connectivity index (χ4v) is 5.00. The Balaban J connectivity index is 1.69. The fourth-order valence-electron chi connectivity index (χ4n) is 3.60. The second kappa shape index (κ2) is 5.93. The summed E-state index contributed by atoms with van der Waals surface area (Å²) in [7, 11) is -4.00. The van der Waals surface area contributed by atoms with Crippen LogP contribution in [-0.4, -0.2) is 30.5 Å². The number of nitrogens with one attached hydrogen (secondary N) is 1. The Bertz CT molecular complexity index is 978. The lowest BCUT2D eigenvalue weighted by Crippen LogP contribution is -2.42. The molecule has 0 bridgehead atoms. The molecule has 2 aromatic rings. The predicted octanol–water partition coefficient (Wildman–Crippen LogP) is 2.32. The summed E-state index contributed by atoms with van der Waals surface area (Å²) >= 11 is 0. The molecule has 0 spiro atoms. The highest BCUT2D eigenvalue weighted by Gasteiger charge is 2.42. The number of hydrogen-bond acceptors (Lipinski definition) is 4.